The van der Waals surface area contributed by atoms with Gasteiger partial charge in [0.25, 0.3) is 10.0 Å². The number of nitrogens with one attached hydrogen (secondary N) is 2. The van der Waals surface area contributed by atoms with Crippen LogP contribution in [0.4, 0.5) is 22.9 Å². The van der Waals surface area contributed by atoms with Crippen LogP contribution < -0.4 is 10.0 Å². The highest BCUT2D eigenvalue weighted by Gasteiger charge is 2.17. The quantitative estimate of drug-likeness (QED) is 0.429. The Morgan fingerprint density at radius 2 is 1.74 bits per heavy atom. The minimum absolute atomic E-state index is 0.00834. The maximum atomic E-state index is 12.6. The van der Waals surface area contributed by atoms with E-state index in [0.717, 1.165) is 4.47 Å². The van der Waals surface area contributed by atoms with E-state index in [0.29, 0.717) is 11.4 Å². The smallest absolute Gasteiger partial charge is 0.311 e. The first-order valence-electron chi connectivity index (χ1n) is 7.60. The number of sulfonamides is 1. The van der Waals surface area contributed by atoms with Gasteiger partial charge in [0.05, 0.1) is 9.82 Å². The highest BCUT2D eigenvalue weighted by Crippen LogP contribution is 2.26. The third kappa shape index (κ3) is 4.60. The van der Waals surface area contributed by atoms with E-state index in [1.165, 1.54) is 36.5 Å². The summed E-state index contributed by atoms with van der Waals surface area (Å²) in [5.41, 5.74) is 0.561. The molecule has 3 aromatic rings. The SMILES string of the molecule is O=[N+]([O-])c1cccnc1Nc1cccc(S(=O)(=O)Nc2ccc(Br)cc2)c1. The lowest BCUT2D eigenvalue weighted by molar-refractivity contribution is -0.384. The lowest BCUT2D eigenvalue weighted by Crippen LogP contribution is -2.13. The summed E-state index contributed by atoms with van der Waals surface area (Å²) >= 11 is 3.29. The van der Waals surface area contributed by atoms with Crippen LogP contribution in [0.3, 0.4) is 0 Å². The number of pyridine rings is 1. The van der Waals surface area contributed by atoms with Gasteiger partial charge in [-0.1, -0.05) is 22.0 Å². The summed E-state index contributed by atoms with van der Waals surface area (Å²) in [4.78, 5) is 14.5. The minimum Gasteiger partial charge on any atom is -0.334 e. The summed E-state index contributed by atoms with van der Waals surface area (Å²) < 4.78 is 28.5. The van der Waals surface area contributed by atoms with Crippen molar-refractivity contribution in [3.8, 4) is 0 Å². The predicted molar refractivity (Wildman–Crippen MR) is 106 cm³/mol. The number of hydrogen-bond donors (Lipinski definition) is 2. The lowest BCUT2D eigenvalue weighted by Gasteiger charge is -2.10. The third-order valence-electron chi connectivity index (χ3n) is 3.49. The van der Waals surface area contributed by atoms with Gasteiger partial charge < -0.3 is 5.32 Å². The molecule has 8 nitrogen and oxygen atoms in total. The van der Waals surface area contributed by atoms with E-state index in [1.807, 2.05) is 0 Å². The van der Waals surface area contributed by atoms with E-state index < -0.39 is 14.9 Å². The largest absolute Gasteiger partial charge is 0.334 e. The second kappa shape index (κ2) is 7.72. The molecule has 0 bridgehead atoms. The summed E-state index contributed by atoms with van der Waals surface area (Å²) in [6, 6.07) is 15.4. The second-order valence-corrected chi connectivity index (χ2v) is 7.99. The molecule has 0 spiro atoms. The Hall–Kier alpha value is -2.98. The Labute approximate surface area is 163 Å². The average molecular weight is 449 g/mol. The van der Waals surface area contributed by atoms with Crippen LogP contribution >= 0.6 is 15.9 Å². The molecule has 2 N–H and O–H groups in total. The molecule has 0 amide bonds. The molecule has 3 rings (SSSR count). The highest BCUT2D eigenvalue weighted by atomic mass is 79.9. The van der Waals surface area contributed by atoms with Gasteiger partial charge in [-0.25, -0.2) is 13.4 Å². The van der Waals surface area contributed by atoms with Gasteiger partial charge in [-0.15, -0.1) is 0 Å². The van der Waals surface area contributed by atoms with E-state index in [4.69, 9.17) is 0 Å². The molecule has 0 fully saturated rings. The molecule has 10 heteroatoms. The van der Waals surface area contributed by atoms with Crippen LogP contribution in [0, 0.1) is 10.1 Å². The van der Waals surface area contributed by atoms with Gasteiger partial charge >= 0.3 is 5.69 Å². The van der Waals surface area contributed by atoms with Gasteiger partial charge in [0, 0.05) is 28.1 Å². The number of rotatable bonds is 6. The highest BCUT2D eigenvalue weighted by molar-refractivity contribution is 9.10. The Morgan fingerprint density at radius 3 is 2.44 bits per heavy atom. The van der Waals surface area contributed by atoms with Crippen molar-refractivity contribution < 1.29 is 13.3 Å². The number of nitrogens with zero attached hydrogens (tertiary/aromatic N) is 2. The molecule has 27 heavy (non-hydrogen) atoms. The third-order valence-corrected chi connectivity index (χ3v) is 5.39. The Kier molecular flexibility index (Phi) is 5.38. The summed E-state index contributed by atoms with van der Waals surface area (Å²) in [7, 11) is -3.83. The Morgan fingerprint density at radius 1 is 1.00 bits per heavy atom. The second-order valence-electron chi connectivity index (χ2n) is 5.39. The molecule has 0 aliphatic rings. The molecule has 0 aliphatic carbocycles. The monoisotopic (exact) mass is 448 g/mol. The van der Waals surface area contributed by atoms with Crippen molar-refractivity contribution in [2.24, 2.45) is 0 Å². The Bertz CT molecular complexity index is 1090. The van der Waals surface area contributed by atoms with Crippen LogP contribution in [0.25, 0.3) is 0 Å². The topological polar surface area (TPSA) is 114 Å². The zero-order valence-corrected chi connectivity index (χ0v) is 16.1. The number of aromatic nitrogens is 1. The number of halogens is 1. The zero-order valence-electron chi connectivity index (χ0n) is 13.7. The summed E-state index contributed by atoms with van der Waals surface area (Å²) in [5, 5.41) is 13.9. The van der Waals surface area contributed by atoms with Crippen LogP contribution in [-0.2, 0) is 10.0 Å². The molecular weight excluding hydrogens is 436 g/mol. The van der Waals surface area contributed by atoms with Crippen LogP contribution in [0.2, 0.25) is 0 Å². The normalized spacial score (nSPS) is 11.0. The lowest BCUT2D eigenvalue weighted by atomic mass is 10.3. The molecule has 0 saturated heterocycles. The number of benzene rings is 2. The molecule has 0 atom stereocenters. The van der Waals surface area contributed by atoms with Gasteiger partial charge in [0.1, 0.15) is 0 Å². The van der Waals surface area contributed by atoms with Crippen molar-refractivity contribution >= 4 is 48.8 Å². The van der Waals surface area contributed by atoms with E-state index in [2.05, 4.69) is 31.0 Å². The molecule has 0 aliphatic heterocycles. The average Bonchev–Trinajstić information content (AvgIpc) is 2.64. The molecular formula is C17H13BrN4O4S. The number of nitro groups is 1. The number of hydrogen-bond acceptors (Lipinski definition) is 6. The minimum atomic E-state index is -3.83. The molecule has 138 valence electrons. The van der Waals surface area contributed by atoms with E-state index in [1.54, 1.807) is 30.3 Å². The molecule has 2 aromatic carbocycles. The van der Waals surface area contributed by atoms with Crippen molar-refractivity contribution in [2.45, 2.75) is 4.90 Å². The van der Waals surface area contributed by atoms with Gasteiger partial charge in [0.2, 0.25) is 5.82 Å². The first-order valence-corrected chi connectivity index (χ1v) is 9.88. The van der Waals surface area contributed by atoms with Crippen molar-refractivity contribution in [1.82, 2.24) is 4.98 Å². The Balaban J connectivity index is 1.87. The maximum absolute atomic E-state index is 12.6. The van der Waals surface area contributed by atoms with E-state index >= 15 is 0 Å². The fourth-order valence-corrected chi connectivity index (χ4v) is 3.62. The van der Waals surface area contributed by atoms with E-state index in [-0.39, 0.29) is 16.4 Å². The molecule has 0 unspecified atom stereocenters. The first-order chi connectivity index (χ1) is 12.8. The predicted octanol–water partition coefficient (Wildman–Crippen LogP) is 4.30. The van der Waals surface area contributed by atoms with Gasteiger partial charge in [-0.2, -0.15) is 0 Å². The van der Waals surface area contributed by atoms with Crippen LogP contribution in [0.1, 0.15) is 0 Å². The standard InChI is InChI=1S/C17H13BrN4O4S/c18-12-6-8-13(9-7-12)21-27(25,26)15-4-1-3-14(11-15)20-17-16(22(23)24)5-2-10-19-17/h1-11,21H,(H,19,20). The van der Waals surface area contributed by atoms with Crippen molar-refractivity contribution in [2.75, 3.05) is 10.0 Å². The van der Waals surface area contributed by atoms with E-state index in [9.17, 15) is 18.5 Å². The van der Waals surface area contributed by atoms with Crippen LogP contribution in [0.5, 0.6) is 0 Å². The fraction of sp³-hybridized carbons (Fsp3) is 0. The summed E-state index contributed by atoms with van der Waals surface area (Å²) in [6.07, 6.45) is 1.41. The maximum Gasteiger partial charge on any atom is 0.311 e. The first kappa shape index (κ1) is 18.8. The molecule has 1 heterocycles. The van der Waals surface area contributed by atoms with Crippen LogP contribution in [-0.4, -0.2) is 18.3 Å². The summed E-state index contributed by atoms with van der Waals surface area (Å²) in [6.45, 7) is 0. The number of anilines is 3. The molecule has 0 radical (unpaired) electrons. The summed E-state index contributed by atoms with van der Waals surface area (Å²) in [5.74, 6) is 0.0258. The molecule has 1 aromatic heterocycles. The van der Waals surface area contributed by atoms with Crippen LogP contribution in [0.15, 0.2) is 76.2 Å². The van der Waals surface area contributed by atoms with Gasteiger partial charge in [-0.3, -0.25) is 14.8 Å². The van der Waals surface area contributed by atoms with Crippen molar-refractivity contribution in [3.05, 3.63) is 81.4 Å². The fourth-order valence-electron chi connectivity index (χ4n) is 2.25. The van der Waals surface area contributed by atoms with Gasteiger partial charge in [-0.05, 0) is 48.5 Å². The van der Waals surface area contributed by atoms with Crippen molar-refractivity contribution in [3.63, 3.8) is 0 Å². The van der Waals surface area contributed by atoms with Gasteiger partial charge in [0.15, 0.2) is 0 Å². The molecule has 0 saturated carbocycles. The van der Waals surface area contributed by atoms with Crippen molar-refractivity contribution in [1.29, 1.82) is 0 Å². The zero-order chi connectivity index (χ0) is 19.4.